The van der Waals surface area contributed by atoms with Gasteiger partial charge in [0.05, 0.1) is 0 Å². The third kappa shape index (κ3) is 2.91. The summed E-state index contributed by atoms with van der Waals surface area (Å²) in [4.78, 5) is 0. The molecule has 0 heterocycles. The fourth-order valence-electron chi connectivity index (χ4n) is 2.30. The Morgan fingerprint density at radius 2 is 1.25 bits per heavy atom. The van der Waals surface area contributed by atoms with E-state index in [-0.39, 0.29) is 0 Å². The SMILES string of the molecule is [CH3][Ti]([CH3])([CH3])([CH3])([Cl])([Cl])[CH]1CCCC1. The summed E-state index contributed by atoms with van der Waals surface area (Å²) in [6.07, 6.45) is 5.06. The van der Waals surface area contributed by atoms with Crippen molar-refractivity contribution in [3.8, 4) is 0 Å². The Labute approximate surface area is 79.7 Å². The maximum absolute atomic E-state index is 6.85. The molecule has 0 amide bonds. The van der Waals surface area contributed by atoms with Crippen LogP contribution in [-0.4, -0.2) is 0 Å². The van der Waals surface area contributed by atoms with Gasteiger partial charge in [-0.3, -0.25) is 0 Å². The minimum atomic E-state index is -4.02. The Bertz CT molecular complexity index is 202. The van der Waals surface area contributed by atoms with Crippen molar-refractivity contribution >= 4 is 18.6 Å². The Kier molecular flexibility index (Phi) is 1.73. The van der Waals surface area contributed by atoms with E-state index < -0.39 is 10.6 Å². The Balaban J connectivity index is 3.15. The van der Waals surface area contributed by atoms with Gasteiger partial charge in [-0.15, -0.1) is 0 Å². The van der Waals surface area contributed by atoms with Crippen LogP contribution in [0.2, 0.25) is 25.1 Å². The predicted octanol–water partition coefficient (Wildman–Crippen LogP) is 5.61. The molecule has 0 aliphatic heterocycles. The fraction of sp³-hybridized carbons (Fsp3) is 1.00. The second-order valence-electron chi connectivity index (χ2n) is 7.94. The van der Waals surface area contributed by atoms with Crippen molar-refractivity contribution in [2.24, 2.45) is 0 Å². The average Bonchev–Trinajstić information content (AvgIpc) is 1.99. The van der Waals surface area contributed by atoms with Crippen LogP contribution in [0.1, 0.15) is 25.7 Å². The Morgan fingerprint density at radius 1 is 0.917 bits per heavy atom. The van der Waals surface area contributed by atoms with Crippen LogP contribution in [0.4, 0.5) is 0 Å². The summed E-state index contributed by atoms with van der Waals surface area (Å²) >= 11 is 0. The quantitative estimate of drug-likeness (QED) is 0.529. The molecule has 1 rings (SSSR count). The van der Waals surface area contributed by atoms with Gasteiger partial charge in [-0.25, -0.2) is 0 Å². The van der Waals surface area contributed by atoms with Crippen molar-refractivity contribution in [1.82, 2.24) is 0 Å². The maximum atomic E-state index is 6.85. The van der Waals surface area contributed by atoms with Crippen LogP contribution in [0.3, 0.4) is 0 Å². The molecule has 0 N–H and O–H groups in total. The van der Waals surface area contributed by atoms with Crippen molar-refractivity contribution in [3.05, 3.63) is 0 Å². The molecule has 0 unspecified atom stereocenters. The molecule has 3 heteroatoms. The van der Waals surface area contributed by atoms with Crippen molar-refractivity contribution in [2.45, 2.75) is 50.8 Å². The van der Waals surface area contributed by atoms with Gasteiger partial charge in [-0.05, 0) is 0 Å². The molecule has 1 saturated carbocycles. The summed E-state index contributed by atoms with van der Waals surface area (Å²) in [6, 6.07) is 0. The van der Waals surface area contributed by atoms with E-state index in [0.717, 1.165) is 0 Å². The first-order valence-corrected chi connectivity index (χ1v) is 16.4. The standard InChI is InChI=1S/C5H9.4CH3.2ClH.Ti/c1-2-4-5-3-1;;;;;;;/h1H,2-5H2;4*1H3;2*1H;/q;;;;;;;+2/p-2. The van der Waals surface area contributed by atoms with E-state index in [4.69, 9.17) is 18.6 Å². The molecule has 1 fully saturated rings. The average molecular weight is 248 g/mol. The van der Waals surface area contributed by atoms with E-state index in [9.17, 15) is 0 Å². The summed E-state index contributed by atoms with van der Waals surface area (Å²) in [5, 5.41) is 8.54. The van der Waals surface area contributed by atoms with Crippen molar-refractivity contribution in [2.75, 3.05) is 0 Å². The van der Waals surface area contributed by atoms with Gasteiger partial charge in [0.2, 0.25) is 0 Å². The van der Waals surface area contributed by atoms with Gasteiger partial charge >= 0.3 is 80.0 Å². The van der Waals surface area contributed by atoms with Gasteiger partial charge in [0.1, 0.15) is 0 Å². The third-order valence-corrected chi connectivity index (χ3v) is 12.8. The zero-order valence-corrected chi connectivity index (χ0v) is 11.7. The van der Waals surface area contributed by atoms with E-state index in [0.29, 0.717) is 4.22 Å². The van der Waals surface area contributed by atoms with Crippen LogP contribution in [0.15, 0.2) is 0 Å². The van der Waals surface area contributed by atoms with Crippen LogP contribution >= 0.6 is 18.6 Å². The normalized spacial score (nSPS) is 30.3. The summed E-state index contributed by atoms with van der Waals surface area (Å²) < 4.78 is 0.561. The van der Waals surface area contributed by atoms with Crippen LogP contribution in [0.5, 0.6) is 0 Å². The van der Waals surface area contributed by atoms with E-state index in [1.54, 1.807) is 0 Å². The molecule has 0 aromatic heterocycles. The van der Waals surface area contributed by atoms with Gasteiger partial charge in [0.15, 0.2) is 0 Å². The minimum absolute atomic E-state index is 0.561. The second-order valence-corrected chi connectivity index (χ2v) is 44.4. The molecule has 0 radical (unpaired) electrons. The molecule has 0 spiro atoms. The van der Waals surface area contributed by atoms with E-state index in [1.807, 2.05) is 0 Å². The zero-order chi connectivity index (χ0) is 9.78. The fourth-order valence-corrected chi connectivity index (χ4v) is 9.02. The molecule has 0 saturated heterocycles. The van der Waals surface area contributed by atoms with Crippen molar-refractivity contribution < 1.29 is 10.6 Å². The van der Waals surface area contributed by atoms with Gasteiger partial charge in [-0.1, -0.05) is 0 Å². The van der Waals surface area contributed by atoms with Crippen LogP contribution < -0.4 is 0 Å². The molecule has 0 aromatic rings. The van der Waals surface area contributed by atoms with Gasteiger partial charge in [0.25, 0.3) is 0 Å². The monoisotopic (exact) mass is 247 g/mol. The summed E-state index contributed by atoms with van der Waals surface area (Å²) in [5.74, 6) is 0. The van der Waals surface area contributed by atoms with Crippen LogP contribution in [0.25, 0.3) is 0 Å². The van der Waals surface area contributed by atoms with Gasteiger partial charge in [-0.2, -0.15) is 0 Å². The number of rotatable bonds is 1. The summed E-state index contributed by atoms with van der Waals surface area (Å²) in [7, 11) is 9.67. The summed E-state index contributed by atoms with van der Waals surface area (Å²) in [5.41, 5.74) is 0. The third-order valence-electron chi connectivity index (χ3n) is 3.30. The second kappa shape index (κ2) is 1.83. The van der Waals surface area contributed by atoms with Gasteiger partial charge < -0.3 is 0 Å². The van der Waals surface area contributed by atoms with E-state index in [2.05, 4.69) is 20.9 Å². The predicted molar refractivity (Wildman–Crippen MR) is 57.4 cm³/mol. The molecular weight excluding hydrogens is 227 g/mol. The molecule has 75 valence electrons. The number of halogens is 2. The zero-order valence-electron chi connectivity index (χ0n) is 8.66. The van der Waals surface area contributed by atoms with Gasteiger partial charge in [0, 0.05) is 0 Å². The molecular formula is C9H21Cl2Ti. The first-order chi connectivity index (χ1) is 4.80. The molecule has 1 aliphatic carbocycles. The van der Waals surface area contributed by atoms with E-state index in [1.165, 1.54) is 25.7 Å². The first-order valence-electron chi connectivity index (χ1n) is 4.98. The Hall–Kier alpha value is 1.29. The molecule has 12 heavy (non-hydrogen) atoms. The van der Waals surface area contributed by atoms with Crippen LogP contribution in [0, 0.1) is 0 Å². The first kappa shape index (κ1) is 11.4. The molecule has 1 aliphatic rings. The number of hydrogen-bond acceptors (Lipinski definition) is 0. The Morgan fingerprint density at radius 3 is 1.42 bits per heavy atom. The van der Waals surface area contributed by atoms with Crippen molar-refractivity contribution in [1.29, 1.82) is 0 Å². The van der Waals surface area contributed by atoms with Crippen molar-refractivity contribution in [3.63, 3.8) is 0 Å². The number of hydrogen-bond donors (Lipinski definition) is 0. The molecule has 0 atom stereocenters. The topological polar surface area (TPSA) is 0 Å². The molecule has 0 aromatic carbocycles. The molecule has 0 bridgehead atoms. The molecule has 0 nitrogen and oxygen atoms in total. The van der Waals surface area contributed by atoms with E-state index >= 15 is 0 Å². The summed E-state index contributed by atoms with van der Waals surface area (Å²) in [6.45, 7) is 0. The van der Waals surface area contributed by atoms with Crippen LogP contribution in [-0.2, 0) is 10.6 Å².